The first-order valence-electron chi connectivity index (χ1n) is 9.14. The summed E-state index contributed by atoms with van der Waals surface area (Å²) in [5, 5.41) is 0. The summed E-state index contributed by atoms with van der Waals surface area (Å²) >= 11 is 0. The summed E-state index contributed by atoms with van der Waals surface area (Å²) in [6.45, 7) is 6.88. The molecule has 0 radical (unpaired) electrons. The van der Waals surface area contributed by atoms with E-state index in [9.17, 15) is 4.79 Å². The minimum Gasteiger partial charge on any atom is -0.399 e. The van der Waals surface area contributed by atoms with Crippen LogP contribution in [0.3, 0.4) is 0 Å². The van der Waals surface area contributed by atoms with Crippen LogP contribution in [-0.2, 0) is 11.3 Å². The van der Waals surface area contributed by atoms with Crippen LogP contribution in [0.4, 0.5) is 5.69 Å². The summed E-state index contributed by atoms with van der Waals surface area (Å²) in [6, 6.07) is 17.4. The Kier molecular flexibility index (Phi) is 10.3. The molecule has 3 rings (SSSR count). The van der Waals surface area contributed by atoms with Crippen LogP contribution in [0.5, 0.6) is 0 Å². The van der Waals surface area contributed by atoms with Gasteiger partial charge < -0.3 is 15.4 Å². The van der Waals surface area contributed by atoms with Crippen molar-refractivity contribution < 1.29 is 9.53 Å². The van der Waals surface area contributed by atoms with Crippen molar-refractivity contribution in [2.75, 3.05) is 38.6 Å². The number of anilines is 1. The highest BCUT2D eigenvalue weighted by molar-refractivity contribution is 5.95. The predicted octanol–water partition coefficient (Wildman–Crippen LogP) is 3.48. The molecule has 28 heavy (non-hydrogen) atoms. The lowest BCUT2D eigenvalue weighted by atomic mass is 10.1. The third-order valence-electron chi connectivity index (χ3n) is 4.75. The number of nitrogen functional groups attached to an aromatic ring is 1. The van der Waals surface area contributed by atoms with Gasteiger partial charge >= 0.3 is 0 Å². The normalized spacial score (nSPS) is 15.0. The molecule has 5 nitrogen and oxygen atoms in total. The fourth-order valence-corrected chi connectivity index (χ4v) is 3.30. The van der Waals surface area contributed by atoms with Gasteiger partial charge in [-0.15, -0.1) is 24.8 Å². The molecule has 1 unspecified atom stereocenters. The lowest BCUT2D eigenvalue weighted by Gasteiger charge is -2.35. The molecule has 1 heterocycles. The number of hydrogen-bond donors (Lipinski definition) is 1. The molecule has 1 aliphatic rings. The second-order valence-electron chi connectivity index (χ2n) is 6.81. The van der Waals surface area contributed by atoms with Crippen LogP contribution >= 0.6 is 24.8 Å². The monoisotopic (exact) mass is 425 g/mol. The number of halogens is 2. The Hall–Kier alpha value is -1.79. The number of benzene rings is 2. The van der Waals surface area contributed by atoms with Crippen molar-refractivity contribution in [2.45, 2.75) is 19.5 Å². The minimum atomic E-state index is 0. The van der Waals surface area contributed by atoms with Gasteiger partial charge in [0.15, 0.2) is 0 Å². The van der Waals surface area contributed by atoms with E-state index in [-0.39, 0.29) is 36.8 Å². The Morgan fingerprint density at radius 2 is 1.79 bits per heavy atom. The van der Waals surface area contributed by atoms with Crippen molar-refractivity contribution in [3.63, 3.8) is 0 Å². The first kappa shape index (κ1) is 24.2. The summed E-state index contributed by atoms with van der Waals surface area (Å²) < 4.78 is 5.43. The van der Waals surface area contributed by atoms with Crippen molar-refractivity contribution in [3.8, 4) is 0 Å². The molecule has 1 amide bonds. The molecule has 0 aliphatic carbocycles. The van der Waals surface area contributed by atoms with E-state index < -0.39 is 0 Å². The van der Waals surface area contributed by atoms with E-state index in [2.05, 4.69) is 24.0 Å². The number of morpholine rings is 1. The van der Waals surface area contributed by atoms with Crippen LogP contribution in [0.2, 0.25) is 0 Å². The van der Waals surface area contributed by atoms with E-state index in [0.717, 1.165) is 38.4 Å². The molecule has 2 aromatic carbocycles. The van der Waals surface area contributed by atoms with Crippen molar-refractivity contribution in [3.05, 3.63) is 65.7 Å². The van der Waals surface area contributed by atoms with Gasteiger partial charge in [0, 0.05) is 43.5 Å². The SMILES string of the molecule is CC(CN1CCOCC1)N(Cc1ccccc1)C(=O)c1cccc(N)c1.Cl.Cl. The highest BCUT2D eigenvalue weighted by atomic mass is 35.5. The Morgan fingerprint density at radius 1 is 1.11 bits per heavy atom. The fourth-order valence-electron chi connectivity index (χ4n) is 3.30. The summed E-state index contributed by atoms with van der Waals surface area (Å²) in [7, 11) is 0. The van der Waals surface area contributed by atoms with Crippen molar-refractivity contribution >= 4 is 36.4 Å². The molecule has 0 spiro atoms. The molecular formula is C21H29Cl2N3O2. The zero-order valence-electron chi connectivity index (χ0n) is 16.1. The molecule has 0 saturated carbocycles. The van der Waals surface area contributed by atoms with Crippen LogP contribution in [0.25, 0.3) is 0 Å². The summed E-state index contributed by atoms with van der Waals surface area (Å²) in [5.41, 5.74) is 8.25. The van der Waals surface area contributed by atoms with Gasteiger partial charge in [0.25, 0.3) is 5.91 Å². The maximum absolute atomic E-state index is 13.2. The van der Waals surface area contributed by atoms with Gasteiger partial charge in [0.1, 0.15) is 0 Å². The van der Waals surface area contributed by atoms with Crippen LogP contribution in [0.15, 0.2) is 54.6 Å². The number of ether oxygens (including phenoxy) is 1. The second-order valence-corrected chi connectivity index (χ2v) is 6.81. The van der Waals surface area contributed by atoms with E-state index in [1.165, 1.54) is 0 Å². The lowest BCUT2D eigenvalue weighted by molar-refractivity contribution is 0.0228. The van der Waals surface area contributed by atoms with Gasteiger partial charge in [-0.25, -0.2) is 0 Å². The van der Waals surface area contributed by atoms with E-state index >= 15 is 0 Å². The molecule has 2 aromatic rings. The van der Waals surface area contributed by atoms with Gasteiger partial charge in [-0.2, -0.15) is 0 Å². The average molecular weight is 426 g/mol. The van der Waals surface area contributed by atoms with Gasteiger partial charge in [-0.05, 0) is 30.7 Å². The summed E-state index contributed by atoms with van der Waals surface area (Å²) in [4.78, 5) is 17.5. The zero-order valence-corrected chi connectivity index (χ0v) is 17.8. The molecule has 0 bridgehead atoms. The zero-order chi connectivity index (χ0) is 18.4. The molecule has 154 valence electrons. The summed E-state index contributed by atoms with van der Waals surface area (Å²) in [5.74, 6) is 0.0157. The molecule has 1 saturated heterocycles. The Labute approximate surface area is 179 Å². The Bertz CT molecular complexity index is 725. The van der Waals surface area contributed by atoms with Crippen molar-refractivity contribution in [1.82, 2.24) is 9.80 Å². The molecule has 1 atom stereocenters. The number of hydrogen-bond acceptors (Lipinski definition) is 4. The molecule has 7 heteroatoms. The number of nitrogens with zero attached hydrogens (tertiary/aromatic N) is 2. The molecule has 0 aromatic heterocycles. The highest BCUT2D eigenvalue weighted by Gasteiger charge is 2.24. The maximum atomic E-state index is 13.2. The standard InChI is InChI=1S/C21H27N3O2.2ClH/c1-17(15-23-10-12-26-13-11-23)24(16-18-6-3-2-4-7-18)21(25)19-8-5-9-20(22)14-19;;/h2-9,14,17H,10-13,15-16,22H2,1H3;2*1H. The number of amides is 1. The Morgan fingerprint density at radius 3 is 2.43 bits per heavy atom. The first-order chi connectivity index (χ1) is 12.6. The molecule has 1 fully saturated rings. The second kappa shape index (κ2) is 11.9. The number of nitrogens with two attached hydrogens (primary N) is 1. The van der Waals surface area contributed by atoms with Crippen molar-refractivity contribution in [1.29, 1.82) is 0 Å². The van der Waals surface area contributed by atoms with Gasteiger partial charge in [-0.3, -0.25) is 9.69 Å². The molecular weight excluding hydrogens is 397 g/mol. The van der Waals surface area contributed by atoms with Crippen LogP contribution in [-0.4, -0.2) is 54.6 Å². The van der Waals surface area contributed by atoms with Crippen molar-refractivity contribution in [2.24, 2.45) is 0 Å². The van der Waals surface area contributed by atoms with Gasteiger partial charge in [0.05, 0.1) is 13.2 Å². The minimum absolute atomic E-state index is 0. The fraction of sp³-hybridized carbons (Fsp3) is 0.381. The van der Waals surface area contributed by atoms with Gasteiger partial charge in [-0.1, -0.05) is 36.4 Å². The smallest absolute Gasteiger partial charge is 0.254 e. The third kappa shape index (κ3) is 6.67. The average Bonchev–Trinajstić information content (AvgIpc) is 2.67. The third-order valence-corrected chi connectivity index (χ3v) is 4.75. The van der Waals surface area contributed by atoms with E-state index in [1.54, 1.807) is 12.1 Å². The Balaban J connectivity index is 0.00000196. The number of carbonyl (C=O) groups is 1. The topological polar surface area (TPSA) is 58.8 Å². The summed E-state index contributed by atoms with van der Waals surface area (Å²) in [6.07, 6.45) is 0. The first-order valence-corrected chi connectivity index (χ1v) is 9.14. The molecule has 1 aliphatic heterocycles. The van der Waals surface area contributed by atoms with E-state index in [1.807, 2.05) is 35.2 Å². The number of carbonyl (C=O) groups excluding carboxylic acids is 1. The van der Waals surface area contributed by atoms with Crippen LogP contribution in [0, 0.1) is 0 Å². The highest BCUT2D eigenvalue weighted by Crippen LogP contribution is 2.16. The quantitative estimate of drug-likeness (QED) is 0.719. The lowest BCUT2D eigenvalue weighted by Crippen LogP contribution is -2.48. The van der Waals surface area contributed by atoms with Crippen LogP contribution in [0.1, 0.15) is 22.8 Å². The predicted molar refractivity (Wildman–Crippen MR) is 118 cm³/mol. The maximum Gasteiger partial charge on any atom is 0.254 e. The molecule has 2 N–H and O–H groups in total. The van der Waals surface area contributed by atoms with Crippen LogP contribution < -0.4 is 5.73 Å². The van der Waals surface area contributed by atoms with E-state index in [0.29, 0.717) is 17.8 Å². The number of rotatable bonds is 6. The van der Waals surface area contributed by atoms with E-state index in [4.69, 9.17) is 10.5 Å². The largest absolute Gasteiger partial charge is 0.399 e. The van der Waals surface area contributed by atoms with Gasteiger partial charge in [0.2, 0.25) is 0 Å².